The fourth-order valence-corrected chi connectivity index (χ4v) is 2.19. The van der Waals surface area contributed by atoms with Crippen molar-refractivity contribution in [3.05, 3.63) is 47.5 Å². The Labute approximate surface area is 124 Å². The van der Waals surface area contributed by atoms with E-state index < -0.39 is 0 Å². The van der Waals surface area contributed by atoms with E-state index in [1.807, 2.05) is 31.2 Å². The van der Waals surface area contributed by atoms with Gasteiger partial charge in [0.05, 0.1) is 26.9 Å². The molecule has 2 aromatic carbocycles. The molecule has 4 nitrogen and oxygen atoms in total. The first-order chi connectivity index (χ1) is 10.1. The van der Waals surface area contributed by atoms with Gasteiger partial charge in [-0.15, -0.1) is 0 Å². The van der Waals surface area contributed by atoms with Crippen molar-refractivity contribution >= 4 is 5.97 Å². The van der Waals surface area contributed by atoms with Crippen molar-refractivity contribution in [3.63, 3.8) is 0 Å². The van der Waals surface area contributed by atoms with Gasteiger partial charge in [0.2, 0.25) is 0 Å². The molecule has 0 saturated carbocycles. The molecule has 0 heterocycles. The van der Waals surface area contributed by atoms with E-state index in [-0.39, 0.29) is 5.97 Å². The smallest absolute Gasteiger partial charge is 0.338 e. The third-order valence-electron chi connectivity index (χ3n) is 3.28. The van der Waals surface area contributed by atoms with Gasteiger partial charge >= 0.3 is 5.97 Å². The summed E-state index contributed by atoms with van der Waals surface area (Å²) in [7, 11) is 4.56. The number of carbonyl (C=O) groups excluding carboxylic acids is 1. The molecule has 2 aromatic rings. The Bertz CT molecular complexity index is 662. The first-order valence-electron chi connectivity index (χ1n) is 6.52. The Morgan fingerprint density at radius 1 is 0.905 bits per heavy atom. The lowest BCUT2D eigenvalue weighted by Crippen LogP contribution is -2.04. The van der Waals surface area contributed by atoms with Crippen molar-refractivity contribution in [1.29, 1.82) is 0 Å². The molecule has 21 heavy (non-hydrogen) atoms. The summed E-state index contributed by atoms with van der Waals surface area (Å²) in [6.07, 6.45) is 0. The van der Waals surface area contributed by atoms with E-state index in [0.717, 1.165) is 16.7 Å². The molecular formula is C17H18O4. The molecule has 0 fully saturated rings. The molecule has 0 aliphatic rings. The first kappa shape index (κ1) is 14.9. The summed E-state index contributed by atoms with van der Waals surface area (Å²) in [5.74, 6) is 0.968. The molecule has 0 saturated heterocycles. The average molecular weight is 286 g/mol. The lowest BCUT2D eigenvalue weighted by atomic mass is 9.96. The minimum Gasteiger partial charge on any atom is -0.497 e. The molecule has 0 spiro atoms. The summed E-state index contributed by atoms with van der Waals surface area (Å²) in [4.78, 5) is 12.0. The van der Waals surface area contributed by atoms with Crippen LogP contribution in [0.2, 0.25) is 0 Å². The quantitative estimate of drug-likeness (QED) is 0.807. The van der Waals surface area contributed by atoms with Crippen LogP contribution < -0.4 is 9.47 Å². The van der Waals surface area contributed by atoms with Crippen LogP contribution in [0.25, 0.3) is 11.1 Å². The summed E-state index contributed by atoms with van der Waals surface area (Å²) >= 11 is 0. The Morgan fingerprint density at radius 3 is 2.29 bits per heavy atom. The van der Waals surface area contributed by atoms with Gasteiger partial charge in [-0.25, -0.2) is 4.79 Å². The second-order valence-corrected chi connectivity index (χ2v) is 4.61. The fraction of sp³-hybridized carbons (Fsp3) is 0.235. The van der Waals surface area contributed by atoms with Gasteiger partial charge in [-0.05, 0) is 25.1 Å². The highest BCUT2D eigenvalue weighted by Crippen LogP contribution is 2.35. The van der Waals surface area contributed by atoms with E-state index in [9.17, 15) is 4.79 Å². The Morgan fingerprint density at radius 2 is 1.67 bits per heavy atom. The van der Waals surface area contributed by atoms with Gasteiger partial charge < -0.3 is 14.2 Å². The molecule has 0 atom stereocenters. The molecular weight excluding hydrogens is 268 g/mol. The van der Waals surface area contributed by atoms with Crippen LogP contribution in [0.3, 0.4) is 0 Å². The van der Waals surface area contributed by atoms with E-state index in [1.54, 1.807) is 26.4 Å². The number of esters is 1. The maximum absolute atomic E-state index is 12.0. The van der Waals surface area contributed by atoms with Gasteiger partial charge in [0, 0.05) is 17.2 Å². The van der Waals surface area contributed by atoms with Crippen molar-refractivity contribution in [1.82, 2.24) is 0 Å². The number of benzene rings is 2. The minimum absolute atomic E-state index is 0.372. The highest BCUT2D eigenvalue weighted by atomic mass is 16.5. The van der Waals surface area contributed by atoms with E-state index >= 15 is 0 Å². The average Bonchev–Trinajstić information content (AvgIpc) is 2.53. The maximum atomic E-state index is 12.0. The Balaban J connectivity index is 2.65. The first-order valence-corrected chi connectivity index (χ1v) is 6.52. The molecule has 0 aromatic heterocycles. The molecule has 0 unspecified atom stereocenters. The number of hydrogen-bond donors (Lipinski definition) is 0. The zero-order valence-electron chi connectivity index (χ0n) is 12.6. The van der Waals surface area contributed by atoms with E-state index in [1.165, 1.54) is 7.11 Å². The van der Waals surface area contributed by atoms with Crippen LogP contribution in [-0.2, 0) is 4.74 Å². The Hall–Kier alpha value is -2.49. The number of methoxy groups -OCH3 is 3. The van der Waals surface area contributed by atoms with Crippen LogP contribution in [0, 0.1) is 6.92 Å². The molecule has 0 radical (unpaired) electrons. The largest absolute Gasteiger partial charge is 0.497 e. The summed E-state index contributed by atoms with van der Waals surface area (Å²) in [5.41, 5.74) is 3.16. The highest BCUT2D eigenvalue weighted by molar-refractivity contribution is 5.98. The van der Waals surface area contributed by atoms with Gasteiger partial charge in [0.15, 0.2) is 0 Å². The zero-order valence-corrected chi connectivity index (χ0v) is 12.6. The van der Waals surface area contributed by atoms with Crippen molar-refractivity contribution in [2.45, 2.75) is 6.92 Å². The minimum atomic E-state index is -0.372. The summed E-state index contributed by atoms with van der Waals surface area (Å²) < 4.78 is 15.5. The third kappa shape index (κ3) is 2.99. The second kappa shape index (κ2) is 6.31. The molecule has 0 bridgehead atoms. The van der Waals surface area contributed by atoms with Crippen LogP contribution in [-0.4, -0.2) is 27.3 Å². The van der Waals surface area contributed by atoms with Crippen molar-refractivity contribution in [2.24, 2.45) is 0 Å². The molecule has 0 N–H and O–H groups in total. The predicted molar refractivity (Wildman–Crippen MR) is 81.1 cm³/mol. The van der Waals surface area contributed by atoms with Crippen LogP contribution in [0.15, 0.2) is 36.4 Å². The lowest BCUT2D eigenvalue weighted by Gasteiger charge is -2.14. The van der Waals surface area contributed by atoms with Crippen LogP contribution in [0.5, 0.6) is 11.5 Å². The molecule has 0 amide bonds. The van der Waals surface area contributed by atoms with Gasteiger partial charge in [0.1, 0.15) is 11.5 Å². The fourth-order valence-electron chi connectivity index (χ4n) is 2.19. The predicted octanol–water partition coefficient (Wildman–Crippen LogP) is 3.47. The van der Waals surface area contributed by atoms with Crippen molar-refractivity contribution < 1.29 is 19.0 Å². The van der Waals surface area contributed by atoms with Gasteiger partial charge in [0.25, 0.3) is 0 Å². The van der Waals surface area contributed by atoms with Crippen LogP contribution >= 0.6 is 0 Å². The van der Waals surface area contributed by atoms with Crippen LogP contribution in [0.4, 0.5) is 0 Å². The monoisotopic (exact) mass is 286 g/mol. The standard InChI is InChI=1S/C17H18O4/c1-11-5-7-14(17(18)21-4)15(9-11)13-8-6-12(19-2)10-16(13)20-3/h5-10H,1-4H3. The highest BCUT2D eigenvalue weighted by Gasteiger charge is 2.17. The molecule has 2 rings (SSSR count). The van der Waals surface area contributed by atoms with Crippen molar-refractivity contribution in [3.8, 4) is 22.6 Å². The topological polar surface area (TPSA) is 44.8 Å². The van der Waals surface area contributed by atoms with E-state index in [0.29, 0.717) is 17.1 Å². The van der Waals surface area contributed by atoms with Gasteiger partial charge in [-0.1, -0.05) is 17.7 Å². The van der Waals surface area contributed by atoms with Crippen molar-refractivity contribution in [2.75, 3.05) is 21.3 Å². The number of rotatable bonds is 4. The van der Waals surface area contributed by atoms with Gasteiger partial charge in [-0.2, -0.15) is 0 Å². The zero-order chi connectivity index (χ0) is 15.4. The molecule has 110 valence electrons. The lowest BCUT2D eigenvalue weighted by molar-refractivity contribution is 0.0601. The number of carbonyl (C=O) groups is 1. The SMILES string of the molecule is COC(=O)c1ccc(C)cc1-c1ccc(OC)cc1OC. The summed E-state index contributed by atoms with van der Waals surface area (Å²) in [5, 5.41) is 0. The van der Waals surface area contributed by atoms with Gasteiger partial charge in [-0.3, -0.25) is 0 Å². The number of ether oxygens (including phenoxy) is 3. The molecule has 0 aliphatic carbocycles. The van der Waals surface area contributed by atoms with E-state index in [4.69, 9.17) is 14.2 Å². The summed E-state index contributed by atoms with van der Waals surface area (Å²) in [6, 6.07) is 11.1. The van der Waals surface area contributed by atoms with E-state index in [2.05, 4.69) is 0 Å². The number of aryl methyl sites for hydroxylation is 1. The third-order valence-corrected chi connectivity index (χ3v) is 3.28. The second-order valence-electron chi connectivity index (χ2n) is 4.61. The van der Waals surface area contributed by atoms with Crippen LogP contribution in [0.1, 0.15) is 15.9 Å². The summed E-state index contributed by atoms with van der Waals surface area (Å²) in [6.45, 7) is 1.97. The Kier molecular flexibility index (Phi) is 4.48. The molecule has 4 heteroatoms. The molecule has 0 aliphatic heterocycles. The normalized spacial score (nSPS) is 10.1. The maximum Gasteiger partial charge on any atom is 0.338 e. The number of hydrogen-bond acceptors (Lipinski definition) is 4.